The second-order valence-corrected chi connectivity index (χ2v) is 6.51. The number of pyridine rings is 1. The van der Waals surface area contributed by atoms with Crippen molar-refractivity contribution in [1.82, 2.24) is 14.7 Å². The molecule has 1 aliphatic heterocycles. The topological polar surface area (TPSA) is 66.7 Å². The number of amides is 2. The van der Waals surface area contributed by atoms with Crippen LogP contribution in [-0.4, -0.2) is 34.8 Å². The molecule has 2 aromatic heterocycles. The van der Waals surface area contributed by atoms with Gasteiger partial charge in [-0.2, -0.15) is 0 Å². The molecule has 6 heteroatoms. The molecule has 1 N–H and O–H groups in total. The van der Waals surface area contributed by atoms with Gasteiger partial charge in [0, 0.05) is 44.5 Å². The molecule has 2 amide bonds. The van der Waals surface area contributed by atoms with Gasteiger partial charge in [-0.05, 0) is 23.8 Å². The highest BCUT2D eigenvalue weighted by atomic mass is 16.2. The Hall–Kier alpha value is -3.15. The number of nitrogens with zero attached hydrogens (tertiary/aromatic N) is 3. The second-order valence-electron chi connectivity index (χ2n) is 6.51. The standard InChI is InChI=1S/C20H20N4O2/c1-23-17-7-3-2-6-15(17)16(12-19(23)25)20(26)21-10-9-14-13-24-11-5-4-8-18(24)22-14/h2-8,11,13,16H,9-10,12H2,1H3,(H,21,26)/t16-/m1/s1. The number of hydrogen-bond donors (Lipinski definition) is 1. The van der Waals surface area contributed by atoms with Crippen molar-refractivity contribution in [2.75, 3.05) is 18.5 Å². The maximum atomic E-state index is 12.7. The summed E-state index contributed by atoms with van der Waals surface area (Å²) in [5.41, 5.74) is 3.53. The zero-order chi connectivity index (χ0) is 18.1. The summed E-state index contributed by atoms with van der Waals surface area (Å²) in [4.78, 5) is 31.0. The summed E-state index contributed by atoms with van der Waals surface area (Å²) >= 11 is 0. The summed E-state index contributed by atoms with van der Waals surface area (Å²) in [6, 6.07) is 13.4. The Morgan fingerprint density at radius 1 is 1.23 bits per heavy atom. The van der Waals surface area contributed by atoms with Gasteiger partial charge in [-0.25, -0.2) is 4.98 Å². The Balaban J connectivity index is 1.43. The summed E-state index contributed by atoms with van der Waals surface area (Å²) in [5.74, 6) is -0.581. The minimum Gasteiger partial charge on any atom is -0.355 e. The molecule has 0 saturated heterocycles. The molecule has 3 heterocycles. The van der Waals surface area contributed by atoms with E-state index in [9.17, 15) is 9.59 Å². The molecule has 0 spiro atoms. The second kappa shape index (κ2) is 6.63. The van der Waals surface area contributed by atoms with Crippen molar-refractivity contribution in [2.24, 2.45) is 0 Å². The summed E-state index contributed by atoms with van der Waals surface area (Å²) in [5, 5.41) is 2.96. The molecular weight excluding hydrogens is 328 g/mol. The Labute approximate surface area is 151 Å². The van der Waals surface area contributed by atoms with Crippen molar-refractivity contribution in [2.45, 2.75) is 18.8 Å². The zero-order valence-electron chi connectivity index (χ0n) is 14.6. The van der Waals surface area contributed by atoms with Crippen LogP contribution in [0.5, 0.6) is 0 Å². The first-order valence-corrected chi connectivity index (χ1v) is 8.69. The average Bonchev–Trinajstić information content (AvgIpc) is 3.07. The highest BCUT2D eigenvalue weighted by Crippen LogP contribution is 2.35. The summed E-state index contributed by atoms with van der Waals surface area (Å²) in [7, 11) is 1.75. The lowest BCUT2D eigenvalue weighted by Gasteiger charge is -2.30. The van der Waals surface area contributed by atoms with E-state index in [2.05, 4.69) is 10.3 Å². The highest BCUT2D eigenvalue weighted by molar-refractivity contribution is 6.02. The van der Waals surface area contributed by atoms with Gasteiger partial charge in [-0.3, -0.25) is 9.59 Å². The first kappa shape index (κ1) is 16.3. The number of carbonyl (C=O) groups is 2. The van der Waals surface area contributed by atoms with Crippen molar-refractivity contribution in [3.63, 3.8) is 0 Å². The monoisotopic (exact) mass is 348 g/mol. The number of para-hydroxylation sites is 1. The van der Waals surface area contributed by atoms with Crippen LogP contribution in [0.3, 0.4) is 0 Å². The fourth-order valence-corrected chi connectivity index (χ4v) is 3.42. The molecule has 0 radical (unpaired) electrons. The maximum Gasteiger partial charge on any atom is 0.228 e. The zero-order valence-corrected chi connectivity index (χ0v) is 14.6. The number of imidazole rings is 1. The predicted octanol–water partition coefficient (Wildman–Crippen LogP) is 2.14. The van der Waals surface area contributed by atoms with Gasteiger partial charge in [0.1, 0.15) is 5.65 Å². The first-order chi connectivity index (χ1) is 12.6. The van der Waals surface area contributed by atoms with E-state index in [0.29, 0.717) is 13.0 Å². The van der Waals surface area contributed by atoms with Gasteiger partial charge in [-0.1, -0.05) is 24.3 Å². The molecule has 0 fully saturated rings. The van der Waals surface area contributed by atoms with Crippen LogP contribution in [0.15, 0.2) is 54.9 Å². The van der Waals surface area contributed by atoms with Crippen molar-refractivity contribution in [3.8, 4) is 0 Å². The third-order valence-electron chi connectivity index (χ3n) is 4.84. The first-order valence-electron chi connectivity index (χ1n) is 8.69. The summed E-state index contributed by atoms with van der Waals surface area (Å²) < 4.78 is 1.96. The smallest absolute Gasteiger partial charge is 0.228 e. The fraction of sp³-hybridized carbons (Fsp3) is 0.250. The van der Waals surface area contributed by atoms with Crippen molar-refractivity contribution in [3.05, 3.63) is 66.1 Å². The number of anilines is 1. The molecule has 1 atom stereocenters. The van der Waals surface area contributed by atoms with E-state index < -0.39 is 5.92 Å². The van der Waals surface area contributed by atoms with E-state index in [0.717, 1.165) is 22.6 Å². The molecule has 4 rings (SSSR count). The SMILES string of the molecule is CN1C(=O)C[C@@H](C(=O)NCCc2cn3ccccc3n2)c2ccccc21. The number of fused-ring (bicyclic) bond motifs is 2. The quantitative estimate of drug-likeness (QED) is 0.786. The number of aromatic nitrogens is 2. The van der Waals surface area contributed by atoms with Crippen LogP contribution in [0.4, 0.5) is 5.69 Å². The van der Waals surface area contributed by atoms with Crippen LogP contribution >= 0.6 is 0 Å². The molecule has 3 aromatic rings. The van der Waals surface area contributed by atoms with E-state index in [1.54, 1.807) is 11.9 Å². The molecule has 1 aliphatic rings. The number of carbonyl (C=O) groups excluding carboxylic acids is 2. The van der Waals surface area contributed by atoms with Crippen LogP contribution in [0.2, 0.25) is 0 Å². The van der Waals surface area contributed by atoms with E-state index in [4.69, 9.17) is 0 Å². The Morgan fingerprint density at radius 2 is 2.04 bits per heavy atom. The third-order valence-corrected chi connectivity index (χ3v) is 4.84. The minimum atomic E-state index is -0.434. The van der Waals surface area contributed by atoms with Crippen LogP contribution in [0, 0.1) is 0 Å². The average molecular weight is 348 g/mol. The third kappa shape index (κ3) is 2.94. The van der Waals surface area contributed by atoms with E-state index >= 15 is 0 Å². The highest BCUT2D eigenvalue weighted by Gasteiger charge is 2.33. The lowest BCUT2D eigenvalue weighted by atomic mass is 9.89. The molecule has 132 valence electrons. The van der Waals surface area contributed by atoms with E-state index in [1.165, 1.54) is 0 Å². The summed E-state index contributed by atoms with van der Waals surface area (Å²) in [6.07, 6.45) is 4.77. The number of hydrogen-bond acceptors (Lipinski definition) is 3. The molecule has 0 saturated carbocycles. The lowest BCUT2D eigenvalue weighted by molar-refractivity contribution is -0.127. The molecule has 26 heavy (non-hydrogen) atoms. The lowest BCUT2D eigenvalue weighted by Crippen LogP contribution is -2.39. The number of benzene rings is 1. The van der Waals surface area contributed by atoms with Gasteiger partial charge in [0.15, 0.2) is 0 Å². The van der Waals surface area contributed by atoms with Crippen molar-refractivity contribution < 1.29 is 9.59 Å². The van der Waals surface area contributed by atoms with Crippen LogP contribution in [-0.2, 0) is 16.0 Å². The Bertz CT molecular complexity index is 946. The van der Waals surface area contributed by atoms with Gasteiger partial charge in [-0.15, -0.1) is 0 Å². The van der Waals surface area contributed by atoms with Gasteiger partial charge in [0.05, 0.1) is 11.6 Å². The van der Waals surface area contributed by atoms with Crippen LogP contribution in [0.25, 0.3) is 5.65 Å². The van der Waals surface area contributed by atoms with Crippen molar-refractivity contribution >= 4 is 23.1 Å². The van der Waals surface area contributed by atoms with Crippen LogP contribution in [0.1, 0.15) is 23.6 Å². The van der Waals surface area contributed by atoms with Gasteiger partial charge in [0.25, 0.3) is 0 Å². The number of rotatable bonds is 4. The molecule has 1 aromatic carbocycles. The Kier molecular flexibility index (Phi) is 4.16. The van der Waals surface area contributed by atoms with E-state index in [-0.39, 0.29) is 18.2 Å². The molecule has 0 aliphatic carbocycles. The predicted molar refractivity (Wildman–Crippen MR) is 99.1 cm³/mol. The number of nitrogens with one attached hydrogen (secondary N) is 1. The van der Waals surface area contributed by atoms with Crippen molar-refractivity contribution in [1.29, 1.82) is 0 Å². The molecular formula is C20H20N4O2. The van der Waals surface area contributed by atoms with Gasteiger partial charge < -0.3 is 14.6 Å². The minimum absolute atomic E-state index is 0.0378. The maximum absolute atomic E-state index is 12.7. The normalized spacial score (nSPS) is 16.6. The fourth-order valence-electron chi connectivity index (χ4n) is 3.42. The molecule has 0 unspecified atom stereocenters. The van der Waals surface area contributed by atoms with Gasteiger partial charge >= 0.3 is 0 Å². The molecule has 6 nitrogen and oxygen atoms in total. The molecule has 0 bridgehead atoms. The van der Waals surface area contributed by atoms with E-state index in [1.807, 2.05) is 59.3 Å². The van der Waals surface area contributed by atoms with Gasteiger partial charge in [0.2, 0.25) is 11.8 Å². The Morgan fingerprint density at radius 3 is 2.88 bits per heavy atom. The van der Waals surface area contributed by atoms with Crippen LogP contribution < -0.4 is 10.2 Å². The largest absolute Gasteiger partial charge is 0.355 e. The summed E-state index contributed by atoms with van der Waals surface area (Å²) in [6.45, 7) is 0.491.